The van der Waals surface area contributed by atoms with E-state index < -0.39 is 5.97 Å². The molecule has 0 spiro atoms. The number of hydrogen-bond acceptors (Lipinski definition) is 4. The third-order valence-electron chi connectivity index (χ3n) is 1.92. The molecule has 1 amide bonds. The van der Waals surface area contributed by atoms with Crippen molar-refractivity contribution in [1.82, 2.24) is 0 Å². The highest BCUT2D eigenvalue weighted by Gasteiger charge is 2.15. The lowest BCUT2D eigenvalue weighted by molar-refractivity contribution is 0.0698. The number of amides is 1. The first-order valence-electron chi connectivity index (χ1n) is 4.45. The lowest BCUT2D eigenvalue weighted by Gasteiger charge is -2.01. The van der Waals surface area contributed by atoms with Gasteiger partial charge in [-0.05, 0) is 39.5 Å². The molecule has 4 nitrogen and oxygen atoms in total. The molecule has 88 valence electrons. The van der Waals surface area contributed by atoms with Crippen LogP contribution >= 0.6 is 38.6 Å². The molecule has 0 aromatic carbocycles. The van der Waals surface area contributed by atoms with Gasteiger partial charge in [-0.3, -0.25) is 4.79 Å². The molecule has 0 saturated heterocycles. The number of hydrogen-bond donors (Lipinski definition) is 2. The van der Waals surface area contributed by atoms with E-state index in [0.29, 0.717) is 9.88 Å². The predicted molar refractivity (Wildman–Crippen MR) is 71.3 cm³/mol. The number of anilines is 1. The number of thiophene rings is 2. The molecule has 0 aliphatic carbocycles. The fourth-order valence-corrected chi connectivity index (χ4v) is 3.23. The maximum atomic E-state index is 11.8. The van der Waals surface area contributed by atoms with Crippen molar-refractivity contribution in [2.45, 2.75) is 0 Å². The number of nitrogens with one attached hydrogen (secondary N) is 1. The topological polar surface area (TPSA) is 66.4 Å². The van der Waals surface area contributed by atoms with Gasteiger partial charge in [0.1, 0.15) is 5.00 Å². The highest BCUT2D eigenvalue weighted by molar-refractivity contribution is 9.11. The summed E-state index contributed by atoms with van der Waals surface area (Å²) in [5.74, 6) is -1.35. The fraction of sp³-hybridized carbons (Fsp3) is 0. The van der Waals surface area contributed by atoms with Crippen molar-refractivity contribution in [3.8, 4) is 0 Å². The van der Waals surface area contributed by atoms with E-state index >= 15 is 0 Å². The third kappa shape index (κ3) is 2.74. The van der Waals surface area contributed by atoms with E-state index in [4.69, 9.17) is 5.11 Å². The molecule has 2 N–H and O–H groups in total. The molecule has 0 bridgehead atoms. The highest BCUT2D eigenvalue weighted by Crippen LogP contribution is 2.26. The van der Waals surface area contributed by atoms with Gasteiger partial charge in [-0.25, -0.2) is 4.79 Å². The van der Waals surface area contributed by atoms with Crippen LogP contribution in [0.15, 0.2) is 27.4 Å². The summed E-state index contributed by atoms with van der Waals surface area (Å²) in [5.41, 5.74) is 0.110. The Morgan fingerprint density at radius 3 is 2.65 bits per heavy atom. The van der Waals surface area contributed by atoms with Gasteiger partial charge in [-0.1, -0.05) is 0 Å². The Labute approximate surface area is 113 Å². The lowest BCUT2D eigenvalue weighted by Crippen LogP contribution is -2.11. The first kappa shape index (κ1) is 12.3. The van der Waals surface area contributed by atoms with E-state index in [0.717, 1.165) is 3.79 Å². The van der Waals surface area contributed by atoms with Gasteiger partial charge in [-0.2, -0.15) is 0 Å². The van der Waals surface area contributed by atoms with E-state index in [9.17, 15) is 9.59 Å². The first-order valence-corrected chi connectivity index (χ1v) is 6.94. The van der Waals surface area contributed by atoms with Crippen molar-refractivity contribution in [3.63, 3.8) is 0 Å². The van der Waals surface area contributed by atoms with E-state index in [1.54, 1.807) is 17.5 Å². The van der Waals surface area contributed by atoms with Crippen molar-refractivity contribution >= 4 is 55.5 Å². The van der Waals surface area contributed by atoms with Crippen LogP contribution in [0.1, 0.15) is 20.0 Å². The average Bonchev–Trinajstić information content (AvgIpc) is 2.86. The van der Waals surface area contributed by atoms with Crippen LogP contribution in [0.4, 0.5) is 5.00 Å². The van der Waals surface area contributed by atoms with Crippen LogP contribution in [-0.4, -0.2) is 17.0 Å². The lowest BCUT2D eigenvalue weighted by atomic mass is 10.3. The summed E-state index contributed by atoms with van der Waals surface area (Å²) in [4.78, 5) is 23.2. The van der Waals surface area contributed by atoms with Crippen LogP contribution in [0.3, 0.4) is 0 Å². The van der Waals surface area contributed by atoms with Gasteiger partial charge < -0.3 is 10.4 Å². The number of carbonyl (C=O) groups is 2. The molecule has 17 heavy (non-hydrogen) atoms. The molecule has 7 heteroatoms. The number of carboxylic acid groups (broad SMARTS) is 1. The molecule has 2 aromatic heterocycles. The van der Waals surface area contributed by atoms with E-state index in [1.807, 2.05) is 0 Å². The second-order valence-corrected chi connectivity index (χ2v) is 6.41. The predicted octanol–water partition coefficient (Wildman–Crippen LogP) is 3.52. The Kier molecular flexibility index (Phi) is 3.60. The van der Waals surface area contributed by atoms with Crippen LogP contribution < -0.4 is 5.32 Å². The second kappa shape index (κ2) is 4.99. The minimum Gasteiger partial charge on any atom is -0.478 e. The van der Waals surface area contributed by atoms with Gasteiger partial charge >= 0.3 is 5.97 Å². The zero-order valence-corrected chi connectivity index (χ0v) is 11.5. The molecule has 0 aliphatic heterocycles. The van der Waals surface area contributed by atoms with Crippen molar-refractivity contribution in [2.75, 3.05) is 5.32 Å². The van der Waals surface area contributed by atoms with Crippen LogP contribution in [0.25, 0.3) is 0 Å². The summed E-state index contributed by atoms with van der Waals surface area (Å²) >= 11 is 5.74. The Hall–Kier alpha value is -1.18. The SMILES string of the molecule is O=C(Nc1sccc1C(=O)O)c1ccc(Br)s1. The van der Waals surface area contributed by atoms with Gasteiger partial charge in [0.2, 0.25) is 0 Å². The molecule has 2 heterocycles. The Balaban J connectivity index is 2.18. The molecule has 0 atom stereocenters. The van der Waals surface area contributed by atoms with Gasteiger partial charge in [0, 0.05) is 0 Å². The number of rotatable bonds is 3. The number of carbonyl (C=O) groups excluding carboxylic acids is 1. The molecule has 0 saturated carbocycles. The smallest absolute Gasteiger partial charge is 0.338 e. The van der Waals surface area contributed by atoms with E-state index in [-0.39, 0.29) is 11.5 Å². The molecule has 2 aromatic rings. The highest BCUT2D eigenvalue weighted by atomic mass is 79.9. The summed E-state index contributed by atoms with van der Waals surface area (Å²) in [6.07, 6.45) is 0. The average molecular weight is 332 g/mol. The molecular weight excluding hydrogens is 326 g/mol. The minimum absolute atomic E-state index is 0.110. The summed E-state index contributed by atoms with van der Waals surface area (Å²) in [6, 6.07) is 4.91. The van der Waals surface area contributed by atoms with Gasteiger partial charge in [0.25, 0.3) is 5.91 Å². The molecule has 0 fully saturated rings. The summed E-state index contributed by atoms with van der Waals surface area (Å²) in [6.45, 7) is 0. The second-order valence-electron chi connectivity index (χ2n) is 3.03. The van der Waals surface area contributed by atoms with Crippen LogP contribution in [-0.2, 0) is 0 Å². The Bertz CT molecular complexity index is 576. The summed E-state index contributed by atoms with van der Waals surface area (Å²) in [5, 5.41) is 13.5. The third-order valence-corrected chi connectivity index (χ3v) is 4.37. The summed E-state index contributed by atoms with van der Waals surface area (Å²) in [7, 11) is 0. The summed E-state index contributed by atoms with van der Waals surface area (Å²) < 4.78 is 0.854. The minimum atomic E-state index is -1.05. The van der Waals surface area contributed by atoms with E-state index in [2.05, 4.69) is 21.2 Å². The molecule has 2 rings (SSSR count). The monoisotopic (exact) mass is 331 g/mol. The Morgan fingerprint density at radius 1 is 1.29 bits per heavy atom. The normalized spacial score (nSPS) is 10.2. The quantitative estimate of drug-likeness (QED) is 0.904. The largest absolute Gasteiger partial charge is 0.478 e. The van der Waals surface area contributed by atoms with Crippen molar-refractivity contribution in [3.05, 3.63) is 37.8 Å². The van der Waals surface area contributed by atoms with E-state index in [1.165, 1.54) is 28.7 Å². The maximum Gasteiger partial charge on any atom is 0.338 e. The number of aromatic carboxylic acids is 1. The van der Waals surface area contributed by atoms with Crippen molar-refractivity contribution < 1.29 is 14.7 Å². The Morgan fingerprint density at radius 2 is 2.06 bits per heavy atom. The fourth-order valence-electron chi connectivity index (χ4n) is 1.18. The zero-order chi connectivity index (χ0) is 12.4. The maximum absolute atomic E-state index is 11.8. The standard InChI is InChI=1S/C10H6BrNO3S2/c11-7-2-1-6(17-7)8(13)12-9-5(10(14)15)3-4-16-9/h1-4H,(H,12,13)(H,14,15). The molecule has 0 radical (unpaired) electrons. The number of halogens is 1. The van der Waals surface area contributed by atoms with Crippen LogP contribution in [0, 0.1) is 0 Å². The first-order chi connectivity index (χ1) is 8.08. The van der Waals surface area contributed by atoms with Gasteiger partial charge in [0.05, 0.1) is 14.2 Å². The van der Waals surface area contributed by atoms with Crippen molar-refractivity contribution in [1.29, 1.82) is 0 Å². The molecule has 0 aliphatic rings. The molecular formula is C10H6BrNO3S2. The number of carboxylic acids is 1. The van der Waals surface area contributed by atoms with Gasteiger partial charge in [0.15, 0.2) is 0 Å². The van der Waals surface area contributed by atoms with Crippen LogP contribution in [0.2, 0.25) is 0 Å². The van der Waals surface area contributed by atoms with Gasteiger partial charge in [-0.15, -0.1) is 22.7 Å². The van der Waals surface area contributed by atoms with Crippen LogP contribution in [0.5, 0.6) is 0 Å². The molecule has 0 unspecified atom stereocenters. The zero-order valence-electron chi connectivity index (χ0n) is 8.27. The van der Waals surface area contributed by atoms with Crippen molar-refractivity contribution in [2.24, 2.45) is 0 Å².